The van der Waals surface area contributed by atoms with Crippen molar-refractivity contribution in [2.45, 2.75) is 142 Å². The minimum Gasteiger partial charge on any atom is -0.550 e. The normalized spacial score (nSPS) is 20.1. The number of carbonyl (C=O) groups is 3. The summed E-state index contributed by atoms with van der Waals surface area (Å²) in [5.74, 6) is -3.21. The quantitative estimate of drug-likeness (QED) is 0.198. The predicted molar refractivity (Wildman–Crippen MR) is 146 cm³/mol. The van der Waals surface area contributed by atoms with E-state index in [0.717, 1.165) is 57.8 Å². The Balaban J connectivity index is 2.04. The molecule has 0 aromatic rings. The van der Waals surface area contributed by atoms with Crippen molar-refractivity contribution < 1.29 is 29.7 Å². The molecule has 2 unspecified atom stereocenters. The molecular weight excluding hydrogens is 484 g/mol. The maximum absolute atomic E-state index is 13.7. The fourth-order valence-corrected chi connectivity index (χ4v) is 6.14. The minimum absolute atomic E-state index is 0.0485. The zero-order chi connectivity index (χ0) is 28.2. The van der Waals surface area contributed by atoms with E-state index in [-0.39, 0.29) is 12.5 Å². The highest BCUT2D eigenvalue weighted by Crippen LogP contribution is 2.47. The van der Waals surface area contributed by atoms with Crippen LogP contribution in [0.5, 0.6) is 0 Å². The predicted octanol–water partition coefficient (Wildman–Crippen LogP) is 3.37. The molecule has 2 aliphatic rings. The second kappa shape index (κ2) is 15.2. The molecule has 0 saturated heterocycles. The molecule has 0 aromatic heterocycles. The third-order valence-electron chi connectivity index (χ3n) is 9.24. The molecule has 2 aliphatic carbocycles. The van der Waals surface area contributed by atoms with Gasteiger partial charge < -0.3 is 30.7 Å². The van der Waals surface area contributed by atoms with Crippen LogP contribution in [-0.4, -0.2) is 52.8 Å². The van der Waals surface area contributed by atoms with Gasteiger partial charge in [-0.15, -0.1) is 0 Å². The Morgan fingerprint density at radius 3 is 1.97 bits per heavy atom. The summed E-state index contributed by atoms with van der Waals surface area (Å²) in [5, 5.41) is 38.0. The van der Waals surface area contributed by atoms with E-state index in [2.05, 4.69) is 17.6 Å². The molecule has 2 amide bonds. The molecule has 2 rings (SSSR count). The van der Waals surface area contributed by atoms with E-state index in [1.165, 1.54) is 38.5 Å². The lowest BCUT2D eigenvalue weighted by Gasteiger charge is -2.49. The number of nitrogens with one attached hydrogen (secondary N) is 2. The van der Waals surface area contributed by atoms with Gasteiger partial charge in [-0.25, -0.2) is 0 Å². The first kappa shape index (κ1) is 32.5. The van der Waals surface area contributed by atoms with Crippen LogP contribution in [-0.2, 0) is 14.4 Å². The maximum atomic E-state index is 13.7. The van der Waals surface area contributed by atoms with Crippen LogP contribution in [0.15, 0.2) is 0 Å². The maximum Gasteiger partial charge on any atom is 0.249 e. The van der Waals surface area contributed by atoms with Crippen LogP contribution < -0.4 is 15.7 Å². The lowest BCUT2D eigenvalue weighted by Crippen LogP contribution is -2.65. The largest absolute Gasteiger partial charge is 0.550 e. The van der Waals surface area contributed by atoms with Gasteiger partial charge in [0, 0.05) is 34.8 Å². The van der Waals surface area contributed by atoms with Crippen molar-refractivity contribution in [2.75, 3.05) is 13.2 Å². The van der Waals surface area contributed by atoms with Crippen LogP contribution in [0, 0.1) is 16.7 Å². The Morgan fingerprint density at radius 1 is 0.895 bits per heavy atom. The number of aliphatic hydroxyl groups excluding tert-OH is 2. The molecule has 2 saturated carbocycles. The topological polar surface area (TPSA) is 139 Å². The van der Waals surface area contributed by atoms with E-state index in [0.29, 0.717) is 12.8 Å². The van der Waals surface area contributed by atoms with Gasteiger partial charge in [-0.05, 0) is 32.1 Å². The Bertz CT molecular complexity index is 758. The van der Waals surface area contributed by atoms with E-state index in [1.807, 2.05) is 0 Å². The molecule has 0 aliphatic heterocycles. The first-order chi connectivity index (χ1) is 18.0. The highest BCUT2D eigenvalue weighted by Gasteiger charge is 2.49. The summed E-state index contributed by atoms with van der Waals surface area (Å²) in [4.78, 5) is 38.7. The number of rotatable bonds is 18. The number of aliphatic carboxylic acids is 1. The molecule has 0 heterocycles. The Morgan fingerprint density at radius 2 is 1.47 bits per heavy atom. The van der Waals surface area contributed by atoms with Gasteiger partial charge in [0.05, 0.1) is 6.61 Å². The van der Waals surface area contributed by atoms with Gasteiger partial charge in [0.25, 0.3) is 0 Å². The molecule has 2 atom stereocenters. The van der Waals surface area contributed by atoms with Crippen LogP contribution in [0.2, 0.25) is 0 Å². The lowest BCUT2D eigenvalue weighted by molar-refractivity contribution is -0.314. The van der Waals surface area contributed by atoms with E-state index < -0.39 is 46.9 Å². The highest BCUT2D eigenvalue weighted by molar-refractivity contribution is 5.85. The molecule has 0 aromatic carbocycles. The van der Waals surface area contributed by atoms with Crippen molar-refractivity contribution in [2.24, 2.45) is 16.7 Å². The van der Waals surface area contributed by atoms with Gasteiger partial charge in [0.2, 0.25) is 11.8 Å². The van der Waals surface area contributed by atoms with E-state index in [1.54, 1.807) is 13.8 Å². The van der Waals surface area contributed by atoms with E-state index in [9.17, 15) is 29.7 Å². The summed E-state index contributed by atoms with van der Waals surface area (Å²) in [6, 6.07) is 0. The lowest BCUT2D eigenvalue weighted by atomic mass is 9.64. The Hall–Kier alpha value is -1.67. The number of unbranched alkanes of at least 4 members (excludes halogenated alkanes) is 7. The standard InChI is InChI=1S/C30H54N2O6/c1-4-5-6-7-8-9-10-12-16-29(17-15-18-29)27(38)32-30(19-13-11-14-20-30)23(26(36)37)21-31-25(35)24(34)28(2,3)22-33/h23-24,33-34H,4-22H2,1-3H3,(H,31,35)(H,32,38)(H,36,37)/p-1. The third-order valence-corrected chi connectivity index (χ3v) is 9.24. The van der Waals surface area contributed by atoms with Gasteiger partial charge in [-0.3, -0.25) is 9.59 Å². The Labute approximate surface area is 229 Å². The number of hydrogen-bond donors (Lipinski definition) is 4. The molecule has 0 bridgehead atoms. The molecule has 0 radical (unpaired) electrons. The zero-order valence-electron chi connectivity index (χ0n) is 24.1. The number of hydrogen-bond acceptors (Lipinski definition) is 6. The number of carboxylic acid groups (broad SMARTS) is 1. The number of carbonyl (C=O) groups excluding carboxylic acids is 3. The summed E-state index contributed by atoms with van der Waals surface area (Å²) >= 11 is 0. The van der Waals surface area contributed by atoms with Crippen LogP contribution >= 0.6 is 0 Å². The molecule has 220 valence electrons. The van der Waals surface area contributed by atoms with Gasteiger partial charge in [-0.1, -0.05) is 97.8 Å². The molecule has 8 nitrogen and oxygen atoms in total. The molecular formula is C30H53N2O6-. The summed E-state index contributed by atoms with van der Waals surface area (Å²) in [6.45, 7) is 4.69. The molecule has 0 spiro atoms. The average Bonchev–Trinajstić information content (AvgIpc) is 2.86. The summed E-state index contributed by atoms with van der Waals surface area (Å²) in [6.07, 6.45) is 15.3. The summed E-state index contributed by atoms with van der Waals surface area (Å²) in [7, 11) is 0. The number of carboxylic acids is 1. The Kier molecular flexibility index (Phi) is 13.0. The summed E-state index contributed by atoms with van der Waals surface area (Å²) in [5.41, 5.74) is -2.47. The molecule has 8 heteroatoms. The molecule has 2 fully saturated rings. The number of aliphatic hydroxyl groups is 2. The van der Waals surface area contributed by atoms with Gasteiger partial charge in [-0.2, -0.15) is 0 Å². The van der Waals surface area contributed by atoms with Crippen molar-refractivity contribution in [3.8, 4) is 0 Å². The SMILES string of the molecule is CCCCCCCCCCC1(C(=O)NC2(C(CNC(=O)C(O)C(C)(C)CO)C(=O)[O-])CCCCC2)CCC1. The van der Waals surface area contributed by atoms with Gasteiger partial charge >= 0.3 is 0 Å². The minimum atomic E-state index is -1.49. The molecule has 4 N–H and O–H groups in total. The third kappa shape index (κ3) is 8.67. The fraction of sp³-hybridized carbons (Fsp3) is 0.900. The van der Waals surface area contributed by atoms with Crippen LogP contribution in [0.3, 0.4) is 0 Å². The zero-order valence-corrected chi connectivity index (χ0v) is 24.1. The monoisotopic (exact) mass is 537 g/mol. The van der Waals surface area contributed by atoms with Crippen LogP contribution in [0.4, 0.5) is 0 Å². The average molecular weight is 538 g/mol. The first-order valence-electron chi connectivity index (χ1n) is 15.1. The van der Waals surface area contributed by atoms with Crippen LogP contribution in [0.1, 0.15) is 130 Å². The second-order valence-corrected chi connectivity index (χ2v) is 12.7. The van der Waals surface area contributed by atoms with Crippen molar-refractivity contribution in [3.05, 3.63) is 0 Å². The van der Waals surface area contributed by atoms with Gasteiger partial charge in [0.15, 0.2) is 0 Å². The fourth-order valence-electron chi connectivity index (χ4n) is 6.14. The van der Waals surface area contributed by atoms with Crippen molar-refractivity contribution in [3.63, 3.8) is 0 Å². The highest BCUT2D eigenvalue weighted by atomic mass is 16.4. The number of amides is 2. The van der Waals surface area contributed by atoms with Crippen molar-refractivity contribution in [1.82, 2.24) is 10.6 Å². The summed E-state index contributed by atoms with van der Waals surface area (Å²) < 4.78 is 0. The first-order valence-corrected chi connectivity index (χ1v) is 15.1. The van der Waals surface area contributed by atoms with Crippen molar-refractivity contribution in [1.29, 1.82) is 0 Å². The van der Waals surface area contributed by atoms with E-state index >= 15 is 0 Å². The smallest absolute Gasteiger partial charge is 0.249 e. The van der Waals surface area contributed by atoms with Gasteiger partial charge in [0.1, 0.15) is 6.10 Å². The molecule has 38 heavy (non-hydrogen) atoms. The van der Waals surface area contributed by atoms with Crippen LogP contribution in [0.25, 0.3) is 0 Å². The van der Waals surface area contributed by atoms with E-state index in [4.69, 9.17) is 0 Å². The van der Waals surface area contributed by atoms with Crippen molar-refractivity contribution >= 4 is 17.8 Å². The second-order valence-electron chi connectivity index (χ2n) is 12.7.